The van der Waals surface area contributed by atoms with Crippen LogP contribution in [0.1, 0.15) is 25.8 Å². The van der Waals surface area contributed by atoms with Crippen LogP contribution in [0.5, 0.6) is 0 Å². The Balaban J connectivity index is 1.96. The first-order valence-electron chi connectivity index (χ1n) is 12.5. The van der Waals surface area contributed by atoms with E-state index in [0.717, 1.165) is 4.31 Å². The highest BCUT2D eigenvalue weighted by atomic mass is 32.2. The van der Waals surface area contributed by atoms with Gasteiger partial charge in [0.2, 0.25) is 10.0 Å². The van der Waals surface area contributed by atoms with E-state index in [1.165, 1.54) is 24.3 Å². The van der Waals surface area contributed by atoms with Crippen molar-refractivity contribution < 1.29 is 41.6 Å². The lowest BCUT2D eigenvalue weighted by molar-refractivity contribution is -0.225. The average Bonchev–Trinajstić information content (AvgIpc) is 3.35. The molecule has 3 unspecified atom stereocenters. The third kappa shape index (κ3) is 9.87. The lowest BCUT2D eigenvalue weighted by atomic mass is 10.0. The van der Waals surface area contributed by atoms with E-state index in [2.05, 4.69) is 5.32 Å². The second-order valence-corrected chi connectivity index (χ2v) is 12.8. The van der Waals surface area contributed by atoms with E-state index >= 15 is 0 Å². The van der Waals surface area contributed by atoms with Crippen LogP contribution in [0.3, 0.4) is 0 Å². The van der Waals surface area contributed by atoms with Gasteiger partial charge in [-0.25, -0.2) is 13.2 Å². The number of alkyl carbamates (subject to hydrolysis) is 1. The molecule has 1 saturated heterocycles. The van der Waals surface area contributed by atoms with Crippen molar-refractivity contribution in [2.75, 3.05) is 32.0 Å². The lowest BCUT2D eigenvalue weighted by Gasteiger charge is -2.35. The standard InChI is InChI=1S/C25H36N3O9PS/c1-18(2)15-28(39(33,34)22-10-8-20(26)9-11-22)16-24(37-38(30,31)32)23(14-19-6-4-3-5-7-19)27-25(29)36-21-12-13-35-17-21/h3-11,18,21,23-24H,12-17,26H2,1-2H3,(H,27,29)(H2,30,31,32)/p-1/t21?,23-,24?/m0/s1. The maximum absolute atomic E-state index is 13.6. The summed E-state index contributed by atoms with van der Waals surface area (Å²) in [6.07, 6.45) is -2.28. The number of ether oxygens (including phenoxy) is 2. The highest BCUT2D eigenvalue weighted by molar-refractivity contribution is 7.89. The number of nitrogens with two attached hydrogens (primary N) is 1. The summed E-state index contributed by atoms with van der Waals surface area (Å²) in [4.78, 5) is 34.3. The molecule has 0 spiro atoms. The summed E-state index contributed by atoms with van der Waals surface area (Å²) in [6, 6.07) is 13.3. The van der Waals surface area contributed by atoms with Crippen molar-refractivity contribution in [3.8, 4) is 0 Å². The lowest BCUT2D eigenvalue weighted by Crippen LogP contribution is -2.52. The highest BCUT2D eigenvalue weighted by Crippen LogP contribution is 2.35. The van der Waals surface area contributed by atoms with Crippen LogP contribution in [0.25, 0.3) is 0 Å². The Labute approximate surface area is 228 Å². The third-order valence-electron chi connectivity index (χ3n) is 5.95. The van der Waals surface area contributed by atoms with E-state index in [1.54, 1.807) is 44.2 Å². The van der Waals surface area contributed by atoms with Gasteiger partial charge in [0.25, 0.3) is 7.82 Å². The number of nitrogen functional groups attached to an aromatic ring is 1. The van der Waals surface area contributed by atoms with Gasteiger partial charge in [0.1, 0.15) is 12.2 Å². The predicted octanol–water partition coefficient (Wildman–Crippen LogP) is 1.89. The van der Waals surface area contributed by atoms with Crippen LogP contribution in [0.15, 0.2) is 59.5 Å². The number of nitrogens with one attached hydrogen (secondary N) is 1. The molecule has 2 aromatic carbocycles. The Kier molecular flexibility index (Phi) is 10.9. The summed E-state index contributed by atoms with van der Waals surface area (Å²) in [5, 5.41) is 2.62. The first-order valence-corrected chi connectivity index (χ1v) is 15.4. The van der Waals surface area contributed by atoms with E-state index in [1.807, 2.05) is 0 Å². The zero-order chi connectivity index (χ0) is 28.6. The maximum Gasteiger partial charge on any atom is 0.407 e. The molecule has 0 aromatic heterocycles. The number of phosphoric acid groups is 1. The molecule has 1 heterocycles. The van der Waals surface area contributed by atoms with Gasteiger partial charge in [0.15, 0.2) is 0 Å². The summed E-state index contributed by atoms with van der Waals surface area (Å²) in [7, 11) is -9.53. The molecule has 216 valence electrons. The number of hydrogen-bond donors (Lipinski definition) is 3. The van der Waals surface area contributed by atoms with Crippen molar-refractivity contribution in [1.82, 2.24) is 9.62 Å². The van der Waals surface area contributed by atoms with Crippen LogP contribution < -0.4 is 15.9 Å². The fourth-order valence-electron chi connectivity index (χ4n) is 4.16. The van der Waals surface area contributed by atoms with E-state index in [4.69, 9.17) is 19.7 Å². The Morgan fingerprint density at radius 2 is 1.87 bits per heavy atom. The van der Waals surface area contributed by atoms with Crippen LogP contribution in [0.2, 0.25) is 0 Å². The fourth-order valence-corrected chi connectivity index (χ4v) is 6.33. The minimum atomic E-state index is -5.37. The second-order valence-electron chi connectivity index (χ2n) is 9.73. The molecule has 1 fully saturated rings. The zero-order valence-electron chi connectivity index (χ0n) is 21.8. The molecule has 0 saturated carbocycles. The molecule has 2 aromatic rings. The van der Waals surface area contributed by atoms with Crippen molar-refractivity contribution >= 4 is 29.6 Å². The van der Waals surface area contributed by atoms with Gasteiger partial charge >= 0.3 is 6.09 Å². The number of rotatable bonds is 13. The Bertz CT molecular complexity index is 1220. The monoisotopic (exact) mass is 584 g/mol. The molecule has 1 aliphatic heterocycles. The predicted molar refractivity (Wildman–Crippen MR) is 142 cm³/mol. The molecular weight excluding hydrogens is 549 g/mol. The number of amides is 1. The summed E-state index contributed by atoms with van der Waals surface area (Å²) in [5.74, 6) is -0.157. The molecule has 4 N–H and O–H groups in total. The number of anilines is 1. The molecule has 4 atom stereocenters. The largest absolute Gasteiger partial charge is 0.756 e. The molecule has 39 heavy (non-hydrogen) atoms. The quantitative estimate of drug-likeness (QED) is 0.232. The van der Waals surface area contributed by atoms with Crippen molar-refractivity contribution in [3.05, 3.63) is 60.2 Å². The van der Waals surface area contributed by atoms with Gasteiger partial charge in [-0.05, 0) is 42.2 Å². The first-order chi connectivity index (χ1) is 18.3. The topological polar surface area (TPSA) is 181 Å². The van der Waals surface area contributed by atoms with Crippen molar-refractivity contribution in [1.29, 1.82) is 0 Å². The van der Waals surface area contributed by atoms with Gasteiger partial charge in [0.05, 0.1) is 24.2 Å². The molecule has 0 radical (unpaired) electrons. The SMILES string of the molecule is CC(C)CN(CC(OP(=O)([O-])O)[C@H](Cc1ccccc1)NC(=O)OC1CCOC1)S(=O)(=O)c1ccc(N)cc1. The summed E-state index contributed by atoms with van der Waals surface area (Å²) in [5.41, 5.74) is 6.79. The highest BCUT2D eigenvalue weighted by Gasteiger charge is 2.35. The number of sulfonamides is 1. The molecule has 3 rings (SSSR count). The Morgan fingerprint density at radius 1 is 1.21 bits per heavy atom. The Hall–Kier alpha value is -2.51. The van der Waals surface area contributed by atoms with Crippen LogP contribution in [-0.2, 0) is 35.0 Å². The minimum Gasteiger partial charge on any atom is -0.756 e. The number of carbonyl (C=O) groups is 1. The van der Waals surface area contributed by atoms with Crippen LogP contribution in [0, 0.1) is 5.92 Å². The summed E-state index contributed by atoms with van der Waals surface area (Å²) < 4.78 is 55.9. The van der Waals surface area contributed by atoms with Crippen molar-refractivity contribution in [2.24, 2.45) is 5.92 Å². The third-order valence-corrected chi connectivity index (χ3v) is 8.33. The van der Waals surface area contributed by atoms with E-state index in [0.29, 0.717) is 24.3 Å². The minimum absolute atomic E-state index is 0.00305. The molecular formula is C25H35N3O9PS-. The van der Waals surface area contributed by atoms with Gasteiger partial charge in [-0.15, -0.1) is 0 Å². The molecule has 1 amide bonds. The number of hydrogen-bond acceptors (Lipinski definition) is 9. The van der Waals surface area contributed by atoms with E-state index in [-0.39, 0.29) is 30.4 Å². The number of nitrogens with zero attached hydrogens (tertiary/aromatic N) is 1. The molecule has 0 aliphatic carbocycles. The first kappa shape index (κ1) is 31.0. The summed E-state index contributed by atoms with van der Waals surface area (Å²) in [6.45, 7) is 3.77. The molecule has 14 heteroatoms. The van der Waals surface area contributed by atoms with Gasteiger partial charge < -0.3 is 34.8 Å². The van der Waals surface area contributed by atoms with E-state index in [9.17, 15) is 27.6 Å². The fraction of sp³-hybridized carbons (Fsp3) is 0.480. The molecule has 1 aliphatic rings. The van der Waals surface area contributed by atoms with Gasteiger partial charge in [-0.2, -0.15) is 4.31 Å². The van der Waals surface area contributed by atoms with Gasteiger partial charge in [-0.1, -0.05) is 44.2 Å². The normalized spacial score (nSPS) is 19.0. The van der Waals surface area contributed by atoms with Crippen LogP contribution in [-0.4, -0.2) is 68.3 Å². The van der Waals surface area contributed by atoms with Crippen LogP contribution in [0.4, 0.5) is 10.5 Å². The maximum atomic E-state index is 13.6. The summed E-state index contributed by atoms with van der Waals surface area (Å²) >= 11 is 0. The van der Waals surface area contributed by atoms with Crippen molar-refractivity contribution in [2.45, 2.75) is 49.8 Å². The molecule has 0 bridgehead atoms. The zero-order valence-corrected chi connectivity index (χ0v) is 23.6. The average molecular weight is 585 g/mol. The van der Waals surface area contributed by atoms with Gasteiger partial charge in [-0.3, -0.25) is 4.57 Å². The number of carbonyl (C=O) groups excluding carboxylic acids is 1. The van der Waals surface area contributed by atoms with Crippen molar-refractivity contribution in [3.63, 3.8) is 0 Å². The van der Waals surface area contributed by atoms with E-state index < -0.39 is 48.7 Å². The van der Waals surface area contributed by atoms with Crippen LogP contribution >= 0.6 is 7.82 Å². The molecule has 12 nitrogen and oxygen atoms in total. The number of benzene rings is 2. The number of phosphoric ester groups is 1. The second kappa shape index (κ2) is 13.7. The van der Waals surface area contributed by atoms with Gasteiger partial charge in [0, 0.05) is 25.2 Å². The Morgan fingerprint density at radius 3 is 2.44 bits per heavy atom. The smallest absolute Gasteiger partial charge is 0.407 e.